The van der Waals surface area contributed by atoms with E-state index in [4.69, 9.17) is 0 Å². The molecular formula is C11H17F3N4O. The fourth-order valence-electron chi connectivity index (χ4n) is 1.32. The van der Waals surface area contributed by atoms with E-state index in [-0.39, 0.29) is 18.2 Å². The predicted octanol–water partition coefficient (Wildman–Crippen LogP) is 2.11. The summed E-state index contributed by atoms with van der Waals surface area (Å²) in [5, 5.41) is 14.6. The van der Waals surface area contributed by atoms with Gasteiger partial charge >= 0.3 is 6.18 Å². The van der Waals surface area contributed by atoms with Crippen LogP contribution in [0.4, 0.5) is 24.8 Å². The van der Waals surface area contributed by atoms with Gasteiger partial charge in [0.1, 0.15) is 11.6 Å². The third kappa shape index (κ3) is 3.95. The summed E-state index contributed by atoms with van der Waals surface area (Å²) in [6.45, 7) is 3.29. The van der Waals surface area contributed by atoms with E-state index in [2.05, 4.69) is 20.6 Å². The molecule has 0 saturated heterocycles. The van der Waals surface area contributed by atoms with E-state index in [9.17, 15) is 18.3 Å². The number of rotatable bonds is 5. The lowest BCUT2D eigenvalue weighted by molar-refractivity contribution is -0.144. The number of nitrogens with one attached hydrogen (secondary N) is 2. The second-order valence-electron chi connectivity index (χ2n) is 4.41. The van der Waals surface area contributed by atoms with Crippen molar-refractivity contribution in [1.82, 2.24) is 9.97 Å². The van der Waals surface area contributed by atoms with E-state index in [1.54, 1.807) is 6.92 Å². The molecule has 0 radical (unpaired) electrons. The van der Waals surface area contributed by atoms with Gasteiger partial charge in [-0.1, -0.05) is 6.92 Å². The molecule has 0 amide bonds. The Balaban J connectivity index is 3.14. The van der Waals surface area contributed by atoms with Crippen molar-refractivity contribution in [3.8, 4) is 0 Å². The van der Waals surface area contributed by atoms with Crippen molar-refractivity contribution >= 4 is 11.6 Å². The minimum Gasteiger partial charge on any atom is -0.394 e. The highest BCUT2D eigenvalue weighted by Crippen LogP contribution is 2.29. The predicted molar refractivity (Wildman–Crippen MR) is 66.0 cm³/mol. The first-order chi connectivity index (χ1) is 8.74. The Kier molecular flexibility index (Phi) is 4.56. The fraction of sp³-hybridized carbons (Fsp3) is 0.636. The zero-order chi connectivity index (χ0) is 14.7. The maximum atomic E-state index is 12.7. The summed E-state index contributed by atoms with van der Waals surface area (Å²) < 4.78 is 38.0. The molecule has 0 aliphatic rings. The lowest BCUT2D eigenvalue weighted by atomic mass is 10.0. The van der Waals surface area contributed by atoms with Gasteiger partial charge in [0.25, 0.3) is 0 Å². The molecule has 1 rings (SSSR count). The lowest BCUT2D eigenvalue weighted by Gasteiger charge is -2.28. The molecule has 19 heavy (non-hydrogen) atoms. The number of alkyl halides is 3. The molecule has 0 spiro atoms. The van der Waals surface area contributed by atoms with Gasteiger partial charge in [-0.3, -0.25) is 0 Å². The summed E-state index contributed by atoms with van der Waals surface area (Å²) in [7, 11) is 1.47. The van der Waals surface area contributed by atoms with Gasteiger partial charge in [0.15, 0.2) is 0 Å². The molecule has 1 atom stereocenters. The number of halogens is 3. The monoisotopic (exact) mass is 278 g/mol. The van der Waals surface area contributed by atoms with Gasteiger partial charge in [-0.2, -0.15) is 13.2 Å². The van der Waals surface area contributed by atoms with Crippen LogP contribution in [0.1, 0.15) is 26.1 Å². The summed E-state index contributed by atoms with van der Waals surface area (Å²) in [4.78, 5) is 6.79. The molecule has 0 saturated carbocycles. The van der Waals surface area contributed by atoms with Crippen LogP contribution in [0.25, 0.3) is 0 Å². The van der Waals surface area contributed by atoms with E-state index in [1.807, 2.05) is 6.92 Å². The summed E-state index contributed by atoms with van der Waals surface area (Å²) in [6, 6.07) is 1.36. The maximum Gasteiger partial charge on any atom is 0.451 e. The normalized spacial score (nSPS) is 14.9. The molecule has 3 N–H and O–H groups in total. The quantitative estimate of drug-likeness (QED) is 0.769. The molecule has 0 fully saturated rings. The van der Waals surface area contributed by atoms with Crippen molar-refractivity contribution in [1.29, 1.82) is 0 Å². The standard InChI is InChI=1S/C11H17F3N4O/c1-4-10(2,6-19)18-8-5-7(15-3)16-9(17-8)11(12,13)14/h5,19H,4,6H2,1-3H3,(H2,15,16,17,18). The van der Waals surface area contributed by atoms with Crippen molar-refractivity contribution in [3.63, 3.8) is 0 Å². The lowest BCUT2D eigenvalue weighted by Crippen LogP contribution is -2.38. The Morgan fingerprint density at radius 1 is 1.26 bits per heavy atom. The molecule has 1 aromatic heterocycles. The number of nitrogens with zero attached hydrogens (tertiary/aromatic N) is 2. The minimum absolute atomic E-state index is 0.0186. The number of hydrogen-bond acceptors (Lipinski definition) is 5. The average Bonchev–Trinajstić information content (AvgIpc) is 2.37. The Morgan fingerprint density at radius 3 is 2.26 bits per heavy atom. The van der Waals surface area contributed by atoms with Crippen molar-refractivity contribution in [2.24, 2.45) is 0 Å². The number of aliphatic hydroxyl groups excluding tert-OH is 1. The smallest absolute Gasteiger partial charge is 0.394 e. The fourth-order valence-corrected chi connectivity index (χ4v) is 1.32. The molecule has 5 nitrogen and oxygen atoms in total. The van der Waals surface area contributed by atoms with Gasteiger partial charge < -0.3 is 15.7 Å². The Hall–Kier alpha value is -1.57. The van der Waals surface area contributed by atoms with Gasteiger partial charge in [-0.25, -0.2) is 9.97 Å². The van der Waals surface area contributed by atoms with E-state index < -0.39 is 17.5 Å². The Morgan fingerprint density at radius 2 is 1.84 bits per heavy atom. The summed E-state index contributed by atoms with van der Waals surface area (Å²) >= 11 is 0. The van der Waals surface area contributed by atoms with E-state index in [0.717, 1.165) is 0 Å². The third-order valence-electron chi connectivity index (χ3n) is 2.79. The van der Waals surface area contributed by atoms with Crippen LogP contribution < -0.4 is 10.6 Å². The van der Waals surface area contributed by atoms with Crippen molar-refractivity contribution in [2.75, 3.05) is 24.3 Å². The Bertz CT molecular complexity index is 432. The van der Waals surface area contributed by atoms with Crippen molar-refractivity contribution in [3.05, 3.63) is 11.9 Å². The van der Waals surface area contributed by atoms with E-state index >= 15 is 0 Å². The van der Waals surface area contributed by atoms with Gasteiger partial charge in [-0.05, 0) is 13.3 Å². The molecule has 0 aliphatic heterocycles. The first-order valence-electron chi connectivity index (χ1n) is 5.77. The molecule has 1 unspecified atom stereocenters. The van der Waals surface area contributed by atoms with Gasteiger partial charge in [0, 0.05) is 13.1 Å². The highest BCUT2D eigenvalue weighted by Gasteiger charge is 2.36. The maximum absolute atomic E-state index is 12.7. The van der Waals surface area contributed by atoms with Crippen molar-refractivity contribution in [2.45, 2.75) is 32.0 Å². The van der Waals surface area contributed by atoms with Gasteiger partial charge in [0.05, 0.1) is 12.1 Å². The first-order valence-corrected chi connectivity index (χ1v) is 5.77. The second-order valence-corrected chi connectivity index (χ2v) is 4.41. The molecule has 8 heteroatoms. The second kappa shape index (κ2) is 5.60. The average molecular weight is 278 g/mol. The van der Waals surface area contributed by atoms with Crippen LogP contribution in [0.5, 0.6) is 0 Å². The third-order valence-corrected chi connectivity index (χ3v) is 2.79. The molecule has 1 aromatic rings. The van der Waals surface area contributed by atoms with Crippen LogP contribution in [0.2, 0.25) is 0 Å². The van der Waals surface area contributed by atoms with Crippen LogP contribution in [-0.2, 0) is 6.18 Å². The van der Waals surface area contributed by atoms with Gasteiger partial charge in [0.2, 0.25) is 5.82 Å². The molecule has 0 aromatic carbocycles. The highest BCUT2D eigenvalue weighted by molar-refractivity contribution is 5.48. The molecule has 108 valence electrons. The Labute approximate surface area is 109 Å². The largest absolute Gasteiger partial charge is 0.451 e. The molecule has 1 heterocycles. The summed E-state index contributed by atoms with van der Waals surface area (Å²) in [5.41, 5.74) is -0.734. The molecule has 0 aliphatic carbocycles. The SMILES string of the molecule is CCC(C)(CO)Nc1cc(NC)nc(C(F)(F)F)n1. The molecular weight excluding hydrogens is 261 g/mol. The topological polar surface area (TPSA) is 70.1 Å². The number of anilines is 2. The van der Waals surface area contributed by atoms with Gasteiger partial charge in [-0.15, -0.1) is 0 Å². The first kappa shape index (κ1) is 15.5. The highest BCUT2D eigenvalue weighted by atomic mass is 19.4. The van der Waals surface area contributed by atoms with Crippen LogP contribution in [0.3, 0.4) is 0 Å². The molecule has 0 bridgehead atoms. The van der Waals surface area contributed by atoms with Crippen LogP contribution in [0.15, 0.2) is 6.07 Å². The number of hydrogen-bond donors (Lipinski definition) is 3. The summed E-state index contributed by atoms with van der Waals surface area (Å²) in [6.07, 6.45) is -4.09. The number of aromatic nitrogens is 2. The van der Waals surface area contributed by atoms with Crippen LogP contribution in [0, 0.1) is 0 Å². The zero-order valence-corrected chi connectivity index (χ0v) is 11.0. The van der Waals surface area contributed by atoms with Crippen LogP contribution in [-0.4, -0.2) is 34.3 Å². The van der Waals surface area contributed by atoms with E-state index in [1.165, 1.54) is 13.1 Å². The van der Waals surface area contributed by atoms with Crippen LogP contribution >= 0.6 is 0 Å². The number of aliphatic hydroxyl groups is 1. The minimum atomic E-state index is -4.62. The van der Waals surface area contributed by atoms with E-state index in [0.29, 0.717) is 6.42 Å². The zero-order valence-electron chi connectivity index (χ0n) is 11.0. The summed E-state index contributed by atoms with van der Waals surface area (Å²) in [5.74, 6) is -1.15. The van der Waals surface area contributed by atoms with Crippen molar-refractivity contribution < 1.29 is 18.3 Å².